The number of hydrogen-bond acceptors (Lipinski definition) is 5. The summed E-state index contributed by atoms with van der Waals surface area (Å²) in [6.07, 6.45) is 0. The number of rotatable bonds is 6. The summed E-state index contributed by atoms with van der Waals surface area (Å²) in [5.74, 6) is -0.0821. The van der Waals surface area contributed by atoms with Gasteiger partial charge in [0, 0.05) is 5.69 Å². The van der Waals surface area contributed by atoms with Crippen molar-refractivity contribution in [3.8, 4) is 5.75 Å². The van der Waals surface area contributed by atoms with Gasteiger partial charge in [-0.25, -0.2) is 4.79 Å². The van der Waals surface area contributed by atoms with Crippen LogP contribution in [0.5, 0.6) is 5.75 Å². The van der Waals surface area contributed by atoms with Crippen LogP contribution in [-0.2, 0) is 4.79 Å². The van der Waals surface area contributed by atoms with Gasteiger partial charge in [0.25, 0.3) is 0 Å². The van der Waals surface area contributed by atoms with Crippen molar-refractivity contribution in [3.05, 3.63) is 53.0 Å². The van der Waals surface area contributed by atoms with E-state index < -0.39 is 11.8 Å². The number of carbonyl (C=O) groups is 1. The van der Waals surface area contributed by atoms with Crippen molar-refractivity contribution in [1.29, 1.82) is 0 Å². The predicted molar refractivity (Wildman–Crippen MR) is 96.2 cm³/mol. The highest BCUT2D eigenvalue weighted by Gasteiger charge is 2.15. The van der Waals surface area contributed by atoms with Crippen LogP contribution in [0.1, 0.15) is 13.8 Å². The zero-order valence-corrected chi connectivity index (χ0v) is 14.0. The number of ether oxygens (including phenoxy) is 1. The second-order valence-corrected chi connectivity index (χ2v) is 5.51. The lowest BCUT2D eigenvalue weighted by Crippen LogP contribution is -2.32. The fraction of sp³-hybridized carbons (Fsp3) is 0.222. The number of hydrogen-bond donors (Lipinski definition) is 3. The van der Waals surface area contributed by atoms with Gasteiger partial charge in [0.05, 0.1) is 17.8 Å². The van der Waals surface area contributed by atoms with E-state index in [1.54, 1.807) is 37.3 Å². The third-order valence-corrected chi connectivity index (χ3v) is 3.64. The number of fused-ring (bicyclic) bond motifs is 1. The number of anilines is 2. The molecule has 0 unspecified atom stereocenters. The van der Waals surface area contributed by atoms with E-state index >= 15 is 0 Å². The Kier molecular flexibility index (Phi) is 4.74. The number of amides is 1. The van der Waals surface area contributed by atoms with Gasteiger partial charge in [-0.2, -0.15) is 0 Å². The molecule has 1 aromatic heterocycles. The summed E-state index contributed by atoms with van der Waals surface area (Å²) in [6, 6.07) is 11.9. The van der Waals surface area contributed by atoms with E-state index in [2.05, 4.69) is 15.6 Å². The summed E-state index contributed by atoms with van der Waals surface area (Å²) in [5, 5.41) is 5.95. The fourth-order valence-electron chi connectivity index (χ4n) is 2.45. The van der Waals surface area contributed by atoms with Crippen LogP contribution in [0.25, 0.3) is 11.1 Å². The first kappa shape index (κ1) is 16.6. The molecule has 0 saturated heterocycles. The van der Waals surface area contributed by atoms with Crippen molar-refractivity contribution in [2.24, 2.45) is 0 Å². The zero-order chi connectivity index (χ0) is 17.8. The number of aromatic nitrogens is 1. The van der Waals surface area contributed by atoms with Crippen LogP contribution in [0.2, 0.25) is 0 Å². The number of benzene rings is 2. The highest BCUT2D eigenvalue weighted by molar-refractivity contribution is 5.97. The Morgan fingerprint density at radius 3 is 2.88 bits per heavy atom. The van der Waals surface area contributed by atoms with Crippen molar-refractivity contribution >= 4 is 28.4 Å². The minimum atomic E-state index is -0.509. The normalized spacial score (nSPS) is 11.9. The SMILES string of the molecule is CCOc1ccccc1NC(=O)[C@H](C)Nc1ccc2oc(=O)[nH]c2c1. The summed E-state index contributed by atoms with van der Waals surface area (Å²) in [4.78, 5) is 26.2. The Labute approximate surface area is 144 Å². The van der Waals surface area contributed by atoms with Gasteiger partial charge in [-0.1, -0.05) is 12.1 Å². The monoisotopic (exact) mass is 341 g/mol. The van der Waals surface area contributed by atoms with Crippen LogP contribution in [0.4, 0.5) is 11.4 Å². The molecule has 2 aromatic carbocycles. The average molecular weight is 341 g/mol. The summed E-state index contributed by atoms with van der Waals surface area (Å²) in [7, 11) is 0. The van der Waals surface area contributed by atoms with E-state index in [0.29, 0.717) is 34.8 Å². The van der Waals surface area contributed by atoms with Crippen LogP contribution in [-0.4, -0.2) is 23.5 Å². The predicted octanol–water partition coefficient (Wildman–Crippen LogP) is 2.96. The lowest BCUT2D eigenvalue weighted by Gasteiger charge is -2.17. The second-order valence-electron chi connectivity index (χ2n) is 5.51. The Morgan fingerprint density at radius 2 is 2.08 bits per heavy atom. The first-order chi connectivity index (χ1) is 12.1. The van der Waals surface area contributed by atoms with Crippen molar-refractivity contribution in [3.63, 3.8) is 0 Å². The Morgan fingerprint density at radius 1 is 1.28 bits per heavy atom. The minimum absolute atomic E-state index is 0.201. The molecule has 1 amide bonds. The standard InChI is InChI=1S/C18H19N3O4/c1-3-24-15-7-5-4-6-13(15)20-17(22)11(2)19-12-8-9-16-14(10-12)21-18(23)25-16/h4-11,19H,3H2,1-2H3,(H,20,22)(H,21,23)/t11-/m0/s1. The van der Waals surface area contributed by atoms with Crippen LogP contribution in [0.15, 0.2) is 51.7 Å². The quantitative estimate of drug-likeness (QED) is 0.640. The minimum Gasteiger partial charge on any atom is -0.492 e. The maximum absolute atomic E-state index is 12.4. The molecule has 1 atom stereocenters. The molecule has 1 heterocycles. The third kappa shape index (κ3) is 3.82. The molecular formula is C18H19N3O4. The zero-order valence-electron chi connectivity index (χ0n) is 14.0. The molecular weight excluding hydrogens is 322 g/mol. The van der Waals surface area contributed by atoms with Gasteiger partial charge in [0.1, 0.15) is 11.8 Å². The number of oxazole rings is 1. The first-order valence-corrected chi connectivity index (χ1v) is 7.99. The Bertz CT molecular complexity index is 945. The van der Waals surface area contributed by atoms with Crippen LogP contribution < -0.4 is 21.1 Å². The van der Waals surface area contributed by atoms with E-state index in [1.165, 1.54) is 0 Å². The lowest BCUT2D eigenvalue weighted by molar-refractivity contribution is -0.116. The van der Waals surface area contributed by atoms with Gasteiger partial charge in [-0.15, -0.1) is 0 Å². The Balaban J connectivity index is 1.70. The average Bonchev–Trinajstić information content (AvgIpc) is 2.96. The molecule has 0 bridgehead atoms. The molecule has 3 aromatic rings. The highest BCUT2D eigenvalue weighted by atomic mass is 16.5. The van der Waals surface area contributed by atoms with Gasteiger partial charge in [-0.05, 0) is 44.2 Å². The molecule has 0 aliphatic heterocycles. The Hall–Kier alpha value is -3.22. The van der Waals surface area contributed by atoms with E-state index in [1.807, 2.05) is 19.1 Å². The summed E-state index contributed by atoms with van der Waals surface area (Å²) >= 11 is 0. The number of nitrogens with one attached hydrogen (secondary N) is 3. The lowest BCUT2D eigenvalue weighted by atomic mass is 10.2. The molecule has 3 rings (SSSR count). The van der Waals surface area contributed by atoms with Crippen molar-refractivity contribution in [1.82, 2.24) is 4.98 Å². The molecule has 0 saturated carbocycles. The summed E-state index contributed by atoms with van der Waals surface area (Å²) in [6.45, 7) is 4.16. The largest absolute Gasteiger partial charge is 0.492 e. The second kappa shape index (κ2) is 7.12. The molecule has 0 fully saturated rings. The van der Waals surface area contributed by atoms with Crippen molar-refractivity contribution < 1.29 is 13.9 Å². The highest BCUT2D eigenvalue weighted by Crippen LogP contribution is 2.24. The van der Waals surface area contributed by atoms with Crippen molar-refractivity contribution in [2.45, 2.75) is 19.9 Å². The van der Waals surface area contributed by atoms with Crippen LogP contribution in [0, 0.1) is 0 Å². The molecule has 7 nitrogen and oxygen atoms in total. The maximum atomic E-state index is 12.4. The van der Waals surface area contributed by atoms with E-state index in [4.69, 9.17) is 9.15 Å². The molecule has 0 aliphatic rings. The van der Waals surface area contributed by atoms with Gasteiger partial charge in [0.2, 0.25) is 5.91 Å². The van der Waals surface area contributed by atoms with E-state index in [-0.39, 0.29) is 5.91 Å². The third-order valence-electron chi connectivity index (χ3n) is 3.64. The topological polar surface area (TPSA) is 96.4 Å². The molecule has 130 valence electrons. The first-order valence-electron chi connectivity index (χ1n) is 7.99. The fourth-order valence-corrected chi connectivity index (χ4v) is 2.45. The molecule has 25 heavy (non-hydrogen) atoms. The maximum Gasteiger partial charge on any atom is 0.417 e. The van der Waals surface area contributed by atoms with Gasteiger partial charge in [-0.3, -0.25) is 9.78 Å². The molecule has 0 radical (unpaired) electrons. The van der Waals surface area contributed by atoms with E-state index in [9.17, 15) is 9.59 Å². The number of aromatic amines is 1. The van der Waals surface area contributed by atoms with Crippen LogP contribution in [0.3, 0.4) is 0 Å². The summed E-state index contributed by atoms with van der Waals surface area (Å²) in [5.41, 5.74) is 2.37. The van der Waals surface area contributed by atoms with Crippen LogP contribution >= 0.6 is 0 Å². The van der Waals surface area contributed by atoms with E-state index in [0.717, 1.165) is 0 Å². The number of H-pyrrole nitrogens is 1. The molecule has 3 N–H and O–H groups in total. The molecule has 0 spiro atoms. The smallest absolute Gasteiger partial charge is 0.417 e. The van der Waals surface area contributed by atoms with Gasteiger partial charge >= 0.3 is 5.76 Å². The van der Waals surface area contributed by atoms with Gasteiger partial charge < -0.3 is 19.8 Å². The van der Waals surface area contributed by atoms with Crippen molar-refractivity contribution in [2.75, 3.05) is 17.2 Å². The van der Waals surface area contributed by atoms with Gasteiger partial charge in [0.15, 0.2) is 5.58 Å². The summed E-state index contributed by atoms with van der Waals surface area (Å²) < 4.78 is 10.5. The number of carbonyl (C=O) groups excluding carboxylic acids is 1. The molecule has 7 heteroatoms. The number of para-hydroxylation sites is 2. The molecule has 0 aliphatic carbocycles.